The number of carbonyl (C=O) groups is 2. The van der Waals surface area contributed by atoms with Gasteiger partial charge in [-0.3, -0.25) is 13.9 Å². The standard InChI is InChI=1S/C28H32ClN3O5S/c1-19-10-13-24(14-11-19)38(35,36)32(25-16-23(29)12-15-26(25)37-5)18-27(33)31(21(3)28(34)30-4)17-22-9-7-6-8-20(22)2/h6-16,21H,17-18H2,1-5H3,(H,30,34). The van der Waals surface area contributed by atoms with Gasteiger partial charge in [0.2, 0.25) is 11.8 Å². The quantitative estimate of drug-likeness (QED) is 0.400. The van der Waals surface area contributed by atoms with Gasteiger partial charge in [-0.2, -0.15) is 0 Å². The minimum Gasteiger partial charge on any atom is -0.495 e. The molecule has 0 aliphatic rings. The summed E-state index contributed by atoms with van der Waals surface area (Å²) in [6.45, 7) is 4.90. The number of likely N-dealkylation sites (N-methyl/N-ethyl adjacent to an activating group) is 1. The van der Waals surface area contributed by atoms with Crippen LogP contribution in [0.15, 0.2) is 71.6 Å². The van der Waals surface area contributed by atoms with Gasteiger partial charge in [0.1, 0.15) is 18.3 Å². The van der Waals surface area contributed by atoms with E-state index in [0.717, 1.165) is 21.0 Å². The number of benzene rings is 3. The van der Waals surface area contributed by atoms with E-state index in [2.05, 4.69) is 5.32 Å². The van der Waals surface area contributed by atoms with Crippen LogP contribution in [0.25, 0.3) is 0 Å². The Hall–Kier alpha value is -3.56. The molecule has 2 amide bonds. The van der Waals surface area contributed by atoms with Crippen LogP contribution in [0.5, 0.6) is 5.75 Å². The highest BCUT2D eigenvalue weighted by Gasteiger charge is 2.34. The molecule has 3 aromatic rings. The molecule has 0 saturated heterocycles. The molecule has 0 spiro atoms. The highest BCUT2D eigenvalue weighted by atomic mass is 35.5. The number of nitrogens with one attached hydrogen (secondary N) is 1. The summed E-state index contributed by atoms with van der Waals surface area (Å²) in [6, 6.07) is 17.5. The van der Waals surface area contributed by atoms with Crippen molar-refractivity contribution >= 4 is 39.1 Å². The fourth-order valence-electron chi connectivity index (χ4n) is 3.97. The van der Waals surface area contributed by atoms with Crippen molar-refractivity contribution in [2.75, 3.05) is 25.0 Å². The van der Waals surface area contributed by atoms with Crippen molar-refractivity contribution in [2.45, 2.75) is 38.3 Å². The number of nitrogens with zero attached hydrogens (tertiary/aromatic N) is 2. The van der Waals surface area contributed by atoms with Crippen LogP contribution in [-0.2, 0) is 26.2 Å². The van der Waals surface area contributed by atoms with Gasteiger partial charge in [0.25, 0.3) is 10.0 Å². The zero-order valence-corrected chi connectivity index (χ0v) is 23.6. The van der Waals surface area contributed by atoms with E-state index in [4.69, 9.17) is 16.3 Å². The summed E-state index contributed by atoms with van der Waals surface area (Å²) >= 11 is 6.24. The number of anilines is 1. The van der Waals surface area contributed by atoms with E-state index in [0.29, 0.717) is 0 Å². The number of ether oxygens (including phenoxy) is 1. The molecule has 1 atom stereocenters. The molecule has 3 rings (SSSR count). The van der Waals surface area contributed by atoms with Gasteiger partial charge in [0.15, 0.2) is 0 Å². The second-order valence-corrected chi connectivity index (χ2v) is 11.2. The van der Waals surface area contributed by atoms with Crippen molar-refractivity contribution in [3.05, 3.63) is 88.4 Å². The van der Waals surface area contributed by atoms with Crippen LogP contribution in [-0.4, -0.2) is 51.9 Å². The smallest absolute Gasteiger partial charge is 0.264 e. The Kier molecular flexibility index (Phi) is 9.40. The summed E-state index contributed by atoms with van der Waals surface area (Å²) in [5.41, 5.74) is 2.77. The largest absolute Gasteiger partial charge is 0.495 e. The maximum atomic E-state index is 13.9. The van der Waals surface area contributed by atoms with Gasteiger partial charge >= 0.3 is 0 Å². The Morgan fingerprint density at radius 1 is 1.03 bits per heavy atom. The van der Waals surface area contributed by atoms with Gasteiger partial charge in [0.05, 0.1) is 17.7 Å². The normalized spacial score (nSPS) is 11.9. The fourth-order valence-corrected chi connectivity index (χ4v) is 5.55. The van der Waals surface area contributed by atoms with E-state index in [-0.39, 0.29) is 33.8 Å². The summed E-state index contributed by atoms with van der Waals surface area (Å²) in [5.74, 6) is -0.718. The average molecular weight is 558 g/mol. The predicted octanol–water partition coefficient (Wildman–Crippen LogP) is 4.32. The molecule has 202 valence electrons. The highest BCUT2D eigenvalue weighted by molar-refractivity contribution is 7.92. The van der Waals surface area contributed by atoms with Gasteiger partial charge in [0, 0.05) is 18.6 Å². The second kappa shape index (κ2) is 12.3. The maximum Gasteiger partial charge on any atom is 0.264 e. The van der Waals surface area contributed by atoms with Crippen molar-refractivity contribution in [1.82, 2.24) is 10.2 Å². The monoisotopic (exact) mass is 557 g/mol. The average Bonchev–Trinajstić information content (AvgIpc) is 2.90. The molecular formula is C28H32ClN3O5S. The van der Waals surface area contributed by atoms with Crippen molar-refractivity contribution in [1.29, 1.82) is 0 Å². The molecule has 0 aliphatic carbocycles. The minimum atomic E-state index is -4.23. The Bertz CT molecular complexity index is 1410. The van der Waals surface area contributed by atoms with E-state index in [9.17, 15) is 18.0 Å². The van der Waals surface area contributed by atoms with Gasteiger partial charge in [-0.15, -0.1) is 0 Å². The highest BCUT2D eigenvalue weighted by Crippen LogP contribution is 2.35. The molecule has 0 saturated carbocycles. The maximum absolute atomic E-state index is 13.9. The molecule has 0 heterocycles. The van der Waals surface area contributed by atoms with E-state index in [1.54, 1.807) is 25.1 Å². The van der Waals surface area contributed by atoms with Crippen LogP contribution in [0.4, 0.5) is 5.69 Å². The van der Waals surface area contributed by atoms with Crippen molar-refractivity contribution < 1.29 is 22.7 Å². The zero-order chi connectivity index (χ0) is 28.0. The molecule has 3 aromatic carbocycles. The van der Waals surface area contributed by atoms with Crippen LogP contribution in [0.3, 0.4) is 0 Å². The second-order valence-electron chi connectivity index (χ2n) is 8.88. The van der Waals surface area contributed by atoms with E-state index >= 15 is 0 Å². The number of sulfonamides is 1. The molecule has 0 aliphatic heterocycles. The first-order valence-electron chi connectivity index (χ1n) is 12.0. The van der Waals surface area contributed by atoms with E-state index in [1.807, 2.05) is 38.1 Å². The lowest BCUT2D eigenvalue weighted by Gasteiger charge is -2.32. The van der Waals surface area contributed by atoms with Crippen LogP contribution < -0.4 is 14.4 Å². The third-order valence-corrected chi connectivity index (χ3v) is 8.32. The Morgan fingerprint density at radius 3 is 2.29 bits per heavy atom. The molecule has 0 aromatic heterocycles. The number of hydrogen-bond donors (Lipinski definition) is 1. The Labute approximate surface area is 229 Å². The lowest BCUT2D eigenvalue weighted by molar-refractivity contribution is -0.139. The molecule has 1 unspecified atom stereocenters. The first-order chi connectivity index (χ1) is 18.0. The lowest BCUT2D eigenvalue weighted by atomic mass is 10.1. The van der Waals surface area contributed by atoms with E-state index in [1.165, 1.54) is 43.3 Å². The number of amides is 2. The summed E-state index contributed by atoms with van der Waals surface area (Å²) < 4.78 is 34.3. The molecule has 0 fully saturated rings. The SMILES string of the molecule is CNC(=O)C(C)N(Cc1ccccc1C)C(=O)CN(c1cc(Cl)ccc1OC)S(=O)(=O)c1ccc(C)cc1. The fraction of sp³-hybridized carbons (Fsp3) is 0.286. The van der Waals surface area contributed by atoms with Crippen LogP contribution >= 0.6 is 11.6 Å². The molecule has 0 radical (unpaired) electrons. The first-order valence-corrected chi connectivity index (χ1v) is 13.8. The van der Waals surface area contributed by atoms with Crippen molar-refractivity contribution in [3.8, 4) is 5.75 Å². The molecule has 10 heteroatoms. The van der Waals surface area contributed by atoms with Crippen LogP contribution in [0, 0.1) is 13.8 Å². The number of hydrogen-bond acceptors (Lipinski definition) is 5. The zero-order valence-electron chi connectivity index (χ0n) is 22.1. The molecular weight excluding hydrogens is 526 g/mol. The number of methoxy groups -OCH3 is 1. The number of aryl methyl sites for hydroxylation is 2. The Morgan fingerprint density at radius 2 is 1.68 bits per heavy atom. The van der Waals surface area contributed by atoms with Gasteiger partial charge in [-0.05, 0) is 62.2 Å². The molecule has 38 heavy (non-hydrogen) atoms. The molecule has 1 N–H and O–H groups in total. The first kappa shape index (κ1) is 29.0. The van der Waals surface area contributed by atoms with Gasteiger partial charge in [-0.1, -0.05) is 53.6 Å². The van der Waals surface area contributed by atoms with Gasteiger partial charge < -0.3 is 15.0 Å². The summed E-state index contributed by atoms with van der Waals surface area (Å²) in [6.07, 6.45) is 0. The Balaban J connectivity index is 2.12. The minimum absolute atomic E-state index is 0.00253. The number of rotatable bonds is 10. The molecule has 8 nitrogen and oxygen atoms in total. The van der Waals surface area contributed by atoms with Crippen LogP contribution in [0.2, 0.25) is 5.02 Å². The third-order valence-electron chi connectivity index (χ3n) is 6.31. The van der Waals surface area contributed by atoms with Gasteiger partial charge in [-0.25, -0.2) is 8.42 Å². The van der Waals surface area contributed by atoms with Crippen molar-refractivity contribution in [3.63, 3.8) is 0 Å². The summed E-state index contributed by atoms with van der Waals surface area (Å²) in [5, 5.41) is 2.84. The predicted molar refractivity (Wildman–Crippen MR) is 149 cm³/mol. The van der Waals surface area contributed by atoms with Crippen LogP contribution in [0.1, 0.15) is 23.6 Å². The summed E-state index contributed by atoms with van der Waals surface area (Å²) in [4.78, 5) is 27.9. The number of halogens is 1. The summed E-state index contributed by atoms with van der Waals surface area (Å²) in [7, 11) is -1.34. The lowest BCUT2D eigenvalue weighted by Crippen LogP contribution is -2.50. The third kappa shape index (κ3) is 6.46. The number of carbonyl (C=O) groups excluding carboxylic acids is 2. The van der Waals surface area contributed by atoms with Crippen molar-refractivity contribution in [2.24, 2.45) is 0 Å². The topological polar surface area (TPSA) is 96.0 Å². The molecule has 0 bridgehead atoms. The van der Waals surface area contributed by atoms with E-state index < -0.39 is 28.5 Å².